The zero-order chi connectivity index (χ0) is 14.2. The van der Waals surface area contributed by atoms with E-state index in [-0.39, 0.29) is 63.7 Å². The fourth-order valence-electron chi connectivity index (χ4n) is 1.95. The molecule has 0 saturated carbocycles. The monoisotopic (exact) mass is 436 g/mol. The van der Waals surface area contributed by atoms with Crippen LogP contribution in [0.3, 0.4) is 0 Å². The Morgan fingerprint density at radius 2 is 1.42 bits per heavy atom. The fraction of sp³-hybridized carbons (Fsp3) is 0.158. The number of fused-ring (bicyclic) bond motifs is 1. The van der Waals surface area contributed by atoms with Gasteiger partial charge in [0.15, 0.2) is 0 Å². The summed E-state index contributed by atoms with van der Waals surface area (Å²) >= 11 is 0. The number of rotatable bonds is 3. The van der Waals surface area contributed by atoms with Gasteiger partial charge in [-0.1, -0.05) is 18.3 Å². The molecule has 133 valence electrons. The number of benzene rings is 2. The van der Waals surface area contributed by atoms with Gasteiger partial charge in [-0.2, -0.15) is 41.6 Å². The average molecular weight is 438 g/mol. The Balaban J connectivity index is -0.000000318. The Labute approximate surface area is 178 Å². The van der Waals surface area contributed by atoms with E-state index >= 15 is 0 Å². The summed E-state index contributed by atoms with van der Waals surface area (Å²) in [6.45, 7) is 4.60. The van der Waals surface area contributed by atoms with Crippen molar-refractivity contribution in [1.82, 2.24) is 0 Å². The first-order chi connectivity index (χ1) is 9.75. The summed E-state index contributed by atoms with van der Waals surface area (Å²) in [6.07, 6.45) is 3.55. The van der Waals surface area contributed by atoms with E-state index in [0.717, 1.165) is 0 Å². The van der Waals surface area contributed by atoms with Gasteiger partial charge in [0.2, 0.25) is 0 Å². The van der Waals surface area contributed by atoms with Crippen LogP contribution in [0.5, 0.6) is 0 Å². The van der Waals surface area contributed by atoms with E-state index in [9.17, 15) is 0 Å². The molecule has 0 aromatic heterocycles. The molecule has 3 rings (SSSR count). The number of hydrogen-bond acceptors (Lipinski definition) is 0. The van der Waals surface area contributed by atoms with Crippen LogP contribution in [-0.4, -0.2) is 19.5 Å². The van der Waals surface area contributed by atoms with Crippen molar-refractivity contribution in [2.24, 2.45) is 0 Å². The van der Waals surface area contributed by atoms with Gasteiger partial charge in [-0.05, 0) is 13.3 Å². The van der Waals surface area contributed by atoms with Crippen LogP contribution in [0, 0.1) is 6.42 Å². The molecule has 0 spiro atoms. The Morgan fingerprint density at radius 3 is 2.00 bits per heavy atom. The zero-order valence-electron chi connectivity index (χ0n) is 13.7. The van der Waals surface area contributed by atoms with E-state index in [2.05, 4.69) is 92.5 Å². The van der Waals surface area contributed by atoms with Gasteiger partial charge in [0.25, 0.3) is 0 Å². The topological polar surface area (TPSA) is 0 Å². The predicted molar refractivity (Wildman–Crippen MR) is 93.0 cm³/mol. The molecule has 1 radical (unpaired) electrons. The summed E-state index contributed by atoms with van der Waals surface area (Å²) in [5, 5.41) is 2.66. The smallest absolute Gasteiger partial charge is 0 e. The van der Waals surface area contributed by atoms with Crippen LogP contribution in [0.4, 0.5) is 0 Å². The first kappa shape index (κ1) is 28.6. The van der Waals surface area contributed by atoms with E-state index in [0.29, 0.717) is 0 Å². The number of halogens is 3. The van der Waals surface area contributed by atoms with E-state index in [4.69, 9.17) is 0 Å². The first-order valence-electron chi connectivity index (χ1n) is 6.89. The molecule has 0 bridgehead atoms. The van der Waals surface area contributed by atoms with Gasteiger partial charge >= 0.3 is 0 Å². The SMILES string of the molecule is CP(C)C[CH-]c1ccccc1.[Cl-].[Cl-].[Cl-].[V].c1ccc2[cH-]ccc2c1. The minimum absolute atomic E-state index is 0. The molecule has 0 heterocycles. The Morgan fingerprint density at radius 1 is 0.833 bits per heavy atom. The summed E-state index contributed by atoms with van der Waals surface area (Å²) < 4.78 is 0. The van der Waals surface area contributed by atoms with Crippen LogP contribution in [0.25, 0.3) is 10.8 Å². The third-order valence-corrected chi connectivity index (χ3v) is 3.95. The molecule has 0 atom stereocenters. The minimum atomic E-state index is 0. The van der Waals surface area contributed by atoms with Gasteiger partial charge in [0.1, 0.15) is 0 Å². The van der Waals surface area contributed by atoms with E-state index in [1.165, 1.54) is 22.5 Å². The van der Waals surface area contributed by atoms with Crippen molar-refractivity contribution >= 4 is 18.7 Å². The predicted octanol–water partition coefficient (Wildman–Crippen LogP) is -3.45. The third-order valence-electron chi connectivity index (χ3n) is 3.04. The maximum Gasteiger partial charge on any atom is 0 e. The molecule has 5 heteroatoms. The van der Waals surface area contributed by atoms with Crippen molar-refractivity contribution in [2.45, 2.75) is 0 Å². The molecule has 0 nitrogen and oxygen atoms in total. The van der Waals surface area contributed by atoms with Crippen LogP contribution >= 0.6 is 7.92 Å². The standard InChI is InChI=1S/C10H14P.C9H7.3ClH.V/c1-11(2)9-8-10-6-4-3-5-7-10;1-2-5-9-7-3-6-8(9)4-1;;;;/h3-8H,9H2,1-2H3;1-7H;3*1H;/q2*-1;;;;/p-3. The van der Waals surface area contributed by atoms with Gasteiger partial charge < -0.3 is 37.2 Å². The van der Waals surface area contributed by atoms with Gasteiger partial charge in [-0.15, -0.1) is 49.7 Å². The van der Waals surface area contributed by atoms with Gasteiger partial charge in [-0.25, -0.2) is 0 Å². The van der Waals surface area contributed by atoms with Crippen LogP contribution < -0.4 is 37.2 Å². The van der Waals surface area contributed by atoms with Crippen LogP contribution in [-0.2, 0) is 18.6 Å². The molecule has 0 amide bonds. The molecule has 3 aromatic rings. The molecular weight excluding hydrogens is 416 g/mol. The Kier molecular flexibility index (Phi) is 19.4. The van der Waals surface area contributed by atoms with Crippen molar-refractivity contribution in [2.75, 3.05) is 19.5 Å². The van der Waals surface area contributed by atoms with Crippen LogP contribution in [0.2, 0.25) is 0 Å². The van der Waals surface area contributed by atoms with Crippen molar-refractivity contribution in [3.05, 3.63) is 84.8 Å². The summed E-state index contributed by atoms with van der Waals surface area (Å²) in [5.74, 6) is 0. The second-order valence-corrected chi connectivity index (χ2v) is 7.56. The molecule has 0 aliphatic rings. The van der Waals surface area contributed by atoms with Crippen molar-refractivity contribution < 1.29 is 55.8 Å². The molecule has 0 fully saturated rings. The van der Waals surface area contributed by atoms with Crippen molar-refractivity contribution in [3.8, 4) is 0 Å². The van der Waals surface area contributed by atoms with Gasteiger partial charge in [-0.3, -0.25) is 0 Å². The normalized spacial score (nSPS) is 8.46. The van der Waals surface area contributed by atoms with Crippen LogP contribution in [0.1, 0.15) is 5.56 Å². The zero-order valence-corrected chi connectivity index (χ0v) is 18.3. The molecule has 0 saturated heterocycles. The Hall–Kier alpha value is -0.196. The second-order valence-electron chi connectivity index (χ2n) is 5.03. The second kappa shape index (κ2) is 16.3. The molecule has 0 unspecified atom stereocenters. The largest absolute Gasteiger partial charge is 1.00 e. The van der Waals surface area contributed by atoms with Gasteiger partial charge in [0, 0.05) is 18.6 Å². The van der Waals surface area contributed by atoms with E-state index in [1.54, 1.807) is 0 Å². The summed E-state index contributed by atoms with van der Waals surface area (Å²) in [6, 6.07) is 25.2. The fourth-order valence-corrected chi connectivity index (χ4v) is 2.52. The summed E-state index contributed by atoms with van der Waals surface area (Å²) in [7, 11) is 0.220. The van der Waals surface area contributed by atoms with Crippen LogP contribution in [0.15, 0.2) is 72.8 Å². The summed E-state index contributed by atoms with van der Waals surface area (Å²) in [5.41, 5.74) is 1.35. The van der Waals surface area contributed by atoms with E-state index < -0.39 is 0 Å². The maximum absolute atomic E-state index is 2.31. The minimum Gasteiger partial charge on any atom is -1.00 e. The molecule has 0 aliphatic carbocycles. The third kappa shape index (κ3) is 10.6. The Bertz CT molecular complexity index is 596. The molecule has 3 aromatic carbocycles. The quantitative estimate of drug-likeness (QED) is 0.295. The molecule has 24 heavy (non-hydrogen) atoms. The molecular formula is C19H21Cl3PV-5. The summed E-state index contributed by atoms with van der Waals surface area (Å²) in [4.78, 5) is 0. The maximum atomic E-state index is 2.31. The molecule has 0 N–H and O–H groups in total. The molecule has 0 aliphatic heterocycles. The van der Waals surface area contributed by atoms with Crippen molar-refractivity contribution in [3.63, 3.8) is 0 Å². The van der Waals surface area contributed by atoms with Crippen molar-refractivity contribution in [1.29, 1.82) is 0 Å². The average Bonchev–Trinajstić information content (AvgIpc) is 2.95. The first-order valence-corrected chi connectivity index (χ1v) is 9.31. The number of hydrogen-bond donors (Lipinski definition) is 0. The van der Waals surface area contributed by atoms with Gasteiger partial charge in [0.05, 0.1) is 0 Å². The van der Waals surface area contributed by atoms with E-state index in [1.807, 2.05) is 0 Å².